The predicted octanol–water partition coefficient (Wildman–Crippen LogP) is 2.80. The van der Waals surface area contributed by atoms with Gasteiger partial charge in [0.15, 0.2) is 5.96 Å². The molecular weight excluding hydrogens is 338 g/mol. The Labute approximate surface area is 163 Å². The third-order valence-electron chi connectivity index (χ3n) is 5.56. The number of likely N-dealkylation sites (tertiary alicyclic amines) is 1. The van der Waals surface area contributed by atoms with Crippen LogP contribution >= 0.6 is 0 Å². The molecule has 150 valence electrons. The first kappa shape index (κ1) is 19.9. The molecule has 2 heterocycles. The predicted molar refractivity (Wildman–Crippen MR) is 110 cm³/mol. The minimum Gasteiger partial charge on any atom is -0.477 e. The molecule has 1 atom stereocenters. The van der Waals surface area contributed by atoms with E-state index in [1.807, 2.05) is 19.3 Å². The quantitative estimate of drug-likeness (QED) is 0.515. The van der Waals surface area contributed by atoms with Gasteiger partial charge in [-0.25, -0.2) is 4.98 Å². The van der Waals surface area contributed by atoms with E-state index in [9.17, 15) is 0 Å². The normalized spacial score (nSPS) is 21.1. The molecule has 1 aliphatic carbocycles. The van der Waals surface area contributed by atoms with Crippen LogP contribution in [-0.2, 0) is 6.54 Å². The highest BCUT2D eigenvalue weighted by molar-refractivity contribution is 5.79. The van der Waals surface area contributed by atoms with Crippen LogP contribution in [0.15, 0.2) is 23.3 Å². The third kappa shape index (κ3) is 6.69. The van der Waals surface area contributed by atoms with Crippen LogP contribution in [0.2, 0.25) is 0 Å². The maximum atomic E-state index is 5.69. The SMILES string of the molecule is CCC1CCCCN1CCNC(=NC)NCc1ccc(OCC2CC2)nc1. The van der Waals surface area contributed by atoms with Gasteiger partial charge in [-0.05, 0) is 50.1 Å². The number of guanidine groups is 1. The molecule has 1 saturated heterocycles. The highest BCUT2D eigenvalue weighted by Gasteiger charge is 2.22. The summed E-state index contributed by atoms with van der Waals surface area (Å²) >= 11 is 0. The van der Waals surface area contributed by atoms with E-state index in [1.165, 1.54) is 45.1 Å². The molecule has 2 fully saturated rings. The number of nitrogens with one attached hydrogen (secondary N) is 2. The highest BCUT2D eigenvalue weighted by atomic mass is 16.5. The van der Waals surface area contributed by atoms with Gasteiger partial charge in [0, 0.05) is 45.0 Å². The summed E-state index contributed by atoms with van der Waals surface area (Å²) in [5, 5.41) is 6.80. The third-order valence-corrected chi connectivity index (χ3v) is 5.56. The van der Waals surface area contributed by atoms with Crippen molar-refractivity contribution in [2.24, 2.45) is 10.9 Å². The number of aliphatic imine (C=N–C) groups is 1. The first-order valence-corrected chi connectivity index (χ1v) is 10.5. The Morgan fingerprint density at radius 1 is 1.26 bits per heavy atom. The number of pyridine rings is 1. The Bertz CT molecular complexity index is 585. The average molecular weight is 374 g/mol. The minimum atomic E-state index is 0.705. The molecule has 6 heteroatoms. The molecule has 1 aromatic rings. The Morgan fingerprint density at radius 2 is 2.15 bits per heavy atom. The molecule has 2 aliphatic rings. The van der Waals surface area contributed by atoms with E-state index in [1.54, 1.807) is 0 Å². The van der Waals surface area contributed by atoms with Crippen LogP contribution in [0, 0.1) is 5.92 Å². The van der Waals surface area contributed by atoms with Crippen molar-refractivity contribution in [1.29, 1.82) is 0 Å². The van der Waals surface area contributed by atoms with Gasteiger partial charge in [-0.3, -0.25) is 9.89 Å². The largest absolute Gasteiger partial charge is 0.477 e. The first-order chi connectivity index (χ1) is 13.3. The zero-order valence-corrected chi connectivity index (χ0v) is 16.9. The lowest BCUT2D eigenvalue weighted by atomic mass is 10.0. The second-order valence-corrected chi connectivity index (χ2v) is 7.71. The monoisotopic (exact) mass is 373 g/mol. The fourth-order valence-electron chi connectivity index (χ4n) is 3.63. The second kappa shape index (κ2) is 10.5. The van der Waals surface area contributed by atoms with Gasteiger partial charge in [-0.1, -0.05) is 19.4 Å². The molecule has 1 unspecified atom stereocenters. The van der Waals surface area contributed by atoms with E-state index in [0.717, 1.165) is 49.1 Å². The van der Waals surface area contributed by atoms with Crippen molar-refractivity contribution < 1.29 is 4.74 Å². The van der Waals surface area contributed by atoms with Crippen LogP contribution in [0.1, 0.15) is 51.0 Å². The minimum absolute atomic E-state index is 0.705. The number of aromatic nitrogens is 1. The summed E-state index contributed by atoms with van der Waals surface area (Å²) in [5.74, 6) is 2.31. The fourth-order valence-corrected chi connectivity index (χ4v) is 3.63. The van der Waals surface area contributed by atoms with Gasteiger partial charge in [0.1, 0.15) is 0 Å². The fraction of sp³-hybridized carbons (Fsp3) is 0.714. The van der Waals surface area contributed by atoms with Crippen LogP contribution in [0.25, 0.3) is 0 Å². The molecule has 1 aromatic heterocycles. The smallest absolute Gasteiger partial charge is 0.213 e. The Morgan fingerprint density at radius 3 is 2.85 bits per heavy atom. The molecule has 2 N–H and O–H groups in total. The lowest BCUT2D eigenvalue weighted by Crippen LogP contribution is -2.45. The molecule has 3 rings (SSSR count). The molecular formula is C21H35N5O. The molecule has 0 radical (unpaired) electrons. The van der Waals surface area contributed by atoms with Crippen LogP contribution in [0.5, 0.6) is 5.88 Å². The molecule has 0 spiro atoms. The van der Waals surface area contributed by atoms with E-state index in [-0.39, 0.29) is 0 Å². The number of piperidine rings is 1. The Balaban J connectivity index is 1.35. The number of rotatable bonds is 9. The Hall–Kier alpha value is -1.82. The van der Waals surface area contributed by atoms with Gasteiger partial charge in [-0.15, -0.1) is 0 Å². The van der Waals surface area contributed by atoms with Crippen molar-refractivity contribution >= 4 is 5.96 Å². The maximum Gasteiger partial charge on any atom is 0.213 e. The molecule has 6 nitrogen and oxygen atoms in total. The van der Waals surface area contributed by atoms with E-state index in [0.29, 0.717) is 6.54 Å². The lowest BCUT2D eigenvalue weighted by Gasteiger charge is -2.35. The maximum absolute atomic E-state index is 5.69. The average Bonchev–Trinajstić information content (AvgIpc) is 3.54. The van der Waals surface area contributed by atoms with Crippen LogP contribution < -0.4 is 15.4 Å². The molecule has 0 aromatic carbocycles. The molecule has 0 bridgehead atoms. The summed E-state index contributed by atoms with van der Waals surface area (Å²) in [4.78, 5) is 11.3. The van der Waals surface area contributed by atoms with Crippen molar-refractivity contribution in [3.63, 3.8) is 0 Å². The van der Waals surface area contributed by atoms with E-state index < -0.39 is 0 Å². The van der Waals surface area contributed by atoms with Gasteiger partial charge in [0.05, 0.1) is 6.61 Å². The van der Waals surface area contributed by atoms with Crippen molar-refractivity contribution in [3.05, 3.63) is 23.9 Å². The van der Waals surface area contributed by atoms with E-state index >= 15 is 0 Å². The second-order valence-electron chi connectivity index (χ2n) is 7.71. The van der Waals surface area contributed by atoms with Crippen LogP contribution in [-0.4, -0.2) is 55.2 Å². The lowest BCUT2D eigenvalue weighted by molar-refractivity contribution is 0.147. The highest BCUT2D eigenvalue weighted by Crippen LogP contribution is 2.29. The summed E-state index contributed by atoms with van der Waals surface area (Å²) in [6, 6.07) is 4.77. The van der Waals surface area contributed by atoms with Crippen LogP contribution in [0.4, 0.5) is 0 Å². The summed E-state index contributed by atoms with van der Waals surface area (Å²) in [6.07, 6.45) is 9.77. The summed E-state index contributed by atoms with van der Waals surface area (Å²) in [6.45, 7) is 7.03. The van der Waals surface area contributed by atoms with Gasteiger partial charge < -0.3 is 15.4 Å². The molecule has 1 saturated carbocycles. The molecule has 27 heavy (non-hydrogen) atoms. The van der Waals surface area contributed by atoms with Crippen molar-refractivity contribution in [1.82, 2.24) is 20.5 Å². The number of ether oxygens (including phenoxy) is 1. The van der Waals surface area contributed by atoms with Crippen molar-refractivity contribution in [2.45, 2.75) is 58.0 Å². The zero-order valence-electron chi connectivity index (χ0n) is 16.9. The number of hydrogen-bond acceptors (Lipinski definition) is 4. The molecule has 1 aliphatic heterocycles. The topological polar surface area (TPSA) is 61.8 Å². The van der Waals surface area contributed by atoms with Gasteiger partial charge in [0.25, 0.3) is 0 Å². The Kier molecular flexibility index (Phi) is 7.75. The van der Waals surface area contributed by atoms with Gasteiger partial charge in [-0.2, -0.15) is 0 Å². The standard InChI is InChI=1S/C21H35N5O/c1-3-19-6-4-5-12-26(19)13-11-23-21(22-2)25-15-18-9-10-20(24-14-18)27-16-17-7-8-17/h9-10,14,17,19H,3-8,11-13,15-16H2,1-2H3,(H2,22,23,25). The zero-order chi connectivity index (χ0) is 18.9. The van der Waals surface area contributed by atoms with Crippen molar-refractivity contribution in [3.8, 4) is 5.88 Å². The number of nitrogens with zero attached hydrogens (tertiary/aromatic N) is 3. The summed E-state index contributed by atoms with van der Waals surface area (Å²) in [5.41, 5.74) is 1.12. The van der Waals surface area contributed by atoms with E-state index in [2.05, 4.69) is 38.5 Å². The van der Waals surface area contributed by atoms with Gasteiger partial charge >= 0.3 is 0 Å². The number of hydrogen-bond donors (Lipinski definition) is 2. The van der Waals surface area contributed by atoms with Crippen molar-refractivity contribution in [2.75, 3.05) is 33.3 Å². The van der Waals surface area contributed by atoms with Gasteiger partial charge in [0.2, 0.25) is 5.88 Å². The van der Waals surface area contributed by atoms with E-state index in [4.69, 9.17) is 4.74 Å². The first-order valence-electron chi connectivity index (χ1n) is 10.5. The van der Waals surface area contributed by atoms with Crippen LogP contribution in [0.3, 0.4) is 0 Å². The summed E-state index contributed by atoms with van der Waals surface area (Å²) in [7, 11) is 1.82. The summed E-state index contributed by atoms with van der Waals surface area (Å²) < 4.78 is 5.69. The molecule has 0 amide bonds.